The number of rotatable bonds is 5. The molecule has 6 nitrogen and oxygen atoms in total. The fraction of sp³-hybridized carbons (Fsp3) is 0.118. The van der Waals surface area contributed by atoms with Crippen molar-refractivity contribution in [1.29, 1.82) is 0 Å². The van der Waals surface area contributed by atoms with Crippen LogP contribution >= 0.6 is 11.3 Å². The van der Waals surface area contributed by atoms with E-state index in [9.17, 15) is 4.79 Å². The molecule has 2 heterocycles. The Hall–Kier alpha value is -2.93. The fourth-order valence-electron chi connectivity index (χ4n) is 2.15. The lowest BCUT2D eigenvalue weighted by atomic mass is 10.1. The molecule has 0 aliphatic carbocycles. The number of benzene rings is 1. The van der Waals surface area contributed by atoms with Gasteiger partial charge in [0.05, 0.1) is 24.8 Å². The second-order valence-electron chi connectivity index (χ2n) is 4.76. The molecule has 0 fully saturated rings. The predicted molar refractivity (Wildman–Crippen MR) is 92.8 cm³/mol. The molecule has 0 atom stereocenters. The van der Waals surface area contributed by atoms with E-state index in [2.05, 4.69) is 15.3 Å². The number of hydrogen-bond donors (Lipinski definition) is 1. The molecule has 0 radical (unpaired) electrons. The van der Waals surface area contributed by atoms with Crippen LogP contribution in [0.3, 0.4) is 0 Å². The van der Waals surface area contributed by atoms with Crippen LogP contribution in [0.5, 0.6) is 11.5 Å². The molecule has 0 saturated heterocycles. The number of nitrogens with one attached hydrogen (secondary N) is 1. The number of aromatic nitrogens is 2. The van der Waals surface area contributed by atoms with Crippen molar-refractivity contribution in [3.8, 4) is 22.8 Å². The van der Waals surface area contributed by atoms with E-state index in [0.29, 0.717) is 22.1 Å². The Balaban J connectivity index is 1.92. The van der Waals surface area contributed by atoms with Gasteiger partial charge in [-0.15, -0.1) is 11.3 Å². The van der Waals surface area contributed by atoms with Crippen molar-refractivity contribution in [2.75, 3.05) is 19.5 Å². The lowest BCUT2D eigenvalue weighted by Crippen LogP contribution is -2.12. The van der Waals surface area contributed by atoms with Gasteiger partial charge in [0.1, 0.15) is 11.5 Å². The molecule has 0 aliphatic rings. The van der Waals surface area contributed by atoms with Crippen molar-refractivity contribution < 1.29 is 14.3 Å². The van der Waals surface area contributed by atoms with Crippen molar-refractivity contribution >= 4 is 23.2 Å². The number of ether oxygens (including phenoxy) is 2. The van der Waals surface area contributed by atoms with Crippen molar-refractivity contribution in [2.24, 2.45) is 0 Å². The summed E-state index contributed by atoms with van der Waals surface area (Å²) in [5, 5.41) is 4.54. The molecule has 122 valence electrons. The van der Waals surface area contributed by atoms with Crippen LogP contribution in [0.2, 0.25) is 0 Å². The number of nitrogens with zero attached hydrogens (tertiary/aromatic N) is 2. The minimum Gasteiger partial charge on any atom is -0.497 e. The molecule has 3 rings (SSSR count). The fourth-order valence-corrected chi connectivity index (χ4v) is 2.77. The van der Waals surface area contributed by atoms with Crippen LogP contribution in [-0.2, 0) is 0 Å². The van der Waals surface area contributed by atoms with Crippen molar-refractivity contribution in [1.82, 2.24) is 9.97 Å². The third kappa shape index (κ3) is 3.36. The molecule has 0 aliphatic heterocycles. The summed E-state index contributed by atoms with van der Waals surface area (Å²) in [5.41, 5.74) is 1.38. The lowest BCUT2D eigenvalue weighted by Gasteiger charge is -2.11. The maximum Gasteiger partial charge on any atom is 0.268 e. The van der Waals surface area contributed by atoms with Crippen LogP contribution < -0.4 is 14.8 Å². The molecule has 1 N–H and O–H groups in total. The van der Waals surface area contributed by atoms with Crippen LogP contribution in [-0.4, -0.2) is 30.1 Å². The van der Waals surface area contributed by atoms with Gasteiger partial charge in [0.25, 0.3) is 5.91 Å². The van der Waals surface area contributed by atoms with E-state index in [1.165, 1.54) is 11.3 Å². The highest BCUT2D eigenvalue weighted by atomic mass is 32.1. The van der Waals surface area contributed by atoms with Crippen LogP contribution in [0, 0.1) is 0 Å². The summed E-state index contributed by atoms with van der Waals surface area (Å²) in [4.78, 5) is 21.2. The van der Waals surface area contributed by atoms with E-state index in [1.807, 2.05) is 23.6 Å². The number of hydrogen-bond acceptors (Lipinski definition) is 6. The van der Waals surface area contributed by atoms with E-state index in [1.54, 1.807) is 38.6 Å². The summed E-state index contributed by atoms with van der Waals surface area (Å²) in [6, 6.07) is 10.8. The van der Waals surface area contributed by atoms with Crippen molar-refractivity contribution in [3.05, 3.63) is 52.9 Å². The SMILES string of the molecule is COc1ccc(OC)c(-c2ccnc(NC(=O)c3cccs3)n2)c1. The van der Waals surface area contributed by atoms with Crippen LogP contribution in [0.15, 0.2) is 48.0 Å². The lowest BCUT2D eigenvalue weighted by molar-refractivity contribution is 0.102. The molecule has 3 aromatic rings. The molecule has 0 saturated carbocycles. The number of carbonyl (C=O) groups excluding carboxylic acids is 1. The first-order valence-electron chi connectivity index (χ1n) is 7.11. The second kappa shape index (κ2) is 7.10. The highest BCUT2D eigenvalue weighted by Gasteiger charge is 2.12. The molecule has 0 bridgehead atoms. The maximum atomic E-state index is 12.1. The third-order valence-electron chi connectivity index (χ3n) is 3.31. The van der Waals surface area contributed by atoms with Gasteiger partial charge in [-0.25, -0.2) is 9.97 Å². The number of thiophene rings is 1. The quantitative estimate of drug-likeness (QED) is 0.769. The molecule has 1 aromatic carbocycles. The number of methoxy groups -OCH3 is 2. The summed E-state index contributed by atoms with van der Waals surface area (Å²) < 4.78 is 10.6. The number of amides is 1. The average Bonchev–Trinajstić information content (AvgIpc) is 3.16. The molecule has 1 amide bonds. The van der Waals surface area contributed by atoms with Crippen LogP contribution in [0.4, 0.5) is 5.95 Å². The average molecular weight is 341 g/mol. The van der Waals surface area contributed by atoms with Gasteiger partial charge in [-0.1, -0.05) is 6.07 Å². The number of carbonyl (C=O) groups is 1. The summed E-state index contributed by atoms with van der Waals surface area (Å²) in [6.45, 7) is 0. The maximum absolute atomic E-state index is 12.1. The monoisotopic (exact) mass is 341 g/mol. The highest BCUT2D eigenvalue weighted by molar-refractivity contribution is 7.12. The molecule has 0 unspecified atom stereocenters. The summed E-state index contributed by atoms with van der Waals surface area (Å²) in [5.74, 6) is 1.34. The first kappa shape index (κ1) is 15.9. The molecule has 0 spiro atoms. The van der Waals surface area contributed by atoms with Crippen LogP contribution in [0.25, 0.3) is 11.3 Å². The standard InChI is InChI=1S/C17H15N3O3S/c1-22-11-5-6-14(23-2)12(10-11)13-7-8-18-17(19-13)20-16(21)15-4-3-9-24-15/h3-10H,1-2H3,(H,18,19,20,21). The Bertz CT molecular complexity index is 850. The van der Waals surface area contributed by atoms with Gasteiger partial charge >= 0.3 is 0 Å². The highest BCUT2D eigenvalue weighted by Crippen LogP contribution is 2.32. The Morgan fingerprint density at radius 3 is 2.75 bits per heavy atom. The van der Waals surface area contributed by atoms with Gasteiger partial charge in [0.2, 0.25) is 5.95 Å². The summed E-state index contributed by atoms with van der Waals surface area (Å²) >= 11 is 1.36. The van der Waals surface area contributed by atoms with Gasteiger partial charge in [-0.05, 0) is 35.7 Å². The van der Waals surface area contributed by atoms with E-state index < -0.39 is 0 Å². The normalized spacial score (nSPS) is 10.2. The first-order valence-corrected chi connectivity index (χ1v) is 7.99. The van der Waals surface area contributed by atoms with E-state index in [4.69, 9.17) is 9.47 Å². The molecule has 2 aromatic heterocycles. The second-order valence-corrected chi connectivity index (χ2v) is 5.71. The first-order chi connectivity index (χ1) is 11.7. The zero-order valence-electron chi connectivity index (χ0n) is 13.1. The van der Waals surface area contributed by atoms with Gasteiger partial charge in [0, 0.05) is 11.8 Å². The smallest absolute Gasteiger partial charge is 0.268 e. The predicted octanol–water partition coefficient (Wildman–Crippen LogP) is 3.47. The zero-order chi connectivity index (χ0) is 16.9. The molecular weight excluding hydrogens is 326 g/mol. The van der Waals surface area contributed by atoms with Gasteiger partial charge in [0.15, 0.2) is 0 Å². The van der Waals surface area contributed by atoms with Crippen LogP contribution in [0.1, 0.15) is 9.67 Å². The van der Waals surface area contributed by atoms with E-state index >= 15 is 0 Å². The number of anilines is 1. The summed E-state index contributed by atoms with van der Waals surface area (Å²) in [6.07, 6.45) is 1.59. The molecule has 7 heteroatoms. The topological polar surface area (TPSA) is 73.3 Å². The van der Waals surface area contributed by atoms with Crippen molar-refractivity contribution in [2.45, 2.75) is 0 Å². The third-order valence-corrected chi connectivity index (χ3v) is 4.18. The molecule has 24 heavy (non-hydrogen) atoms. The zero-order valence-corrected chi connectivity index (χ0v) is 14.0. The summed E-state index contributed by atoms with van der Waals surface area (Å²) in [7, 11) is 3.18. The Morgan fingerprint density at radius 1 is 1.17 bits per heavy atom. The molecular formula is C17H15N3O3S. The van der Waals surface area contributed by atoms with E-state index in [0.717, 1.165) is 5.56 Å². The largest absolute Gasteiger partial charge is 0.497 e. The van der Waals surface area contributed by atoms with Gasteiger partial charge < -0.3 is 9.47 Å². The minimum atomic E-state index is -0.236. The minimum absolute atomic E-state index is 0.232. The van der Waals surface area contributed by atoms with Crippen molar-refractivity contribution in [3.63, 3.8) is 0 Å². The van der Waals surface area contributed by atoms with E-state index in [-0.39, 0.29) is 11.9 Å². The Morgan fingerprint density at radius 2 is 2.04 bits per heavy atom. The van der Waals surface area contributed by atoms with Gasteiger partial charge in [-0.2, -0.15) is 0 Å². The Labute approximate surface area is 143 Å². The Kier molecular flexibility index (Phi) is 4.72. The van der Waals surface area contributed by atoms with Gasteiger partial charge in [-0.3, -0.25) is 10.1 Å².